The van der Waals surface area contributed by atoms with Crippen LogP contribution in [0.1, 0.15) is 61.9 Å². The third kappa shape index (κ3) is 5.03. The predicted octanol–water partition coefficient (Wildman–Crippen LogP) is 2.94. The van der Waals surface area contributed by atoms with E-state index >= 15 is 0 Å². The molecule has 27 heavy (non-hydrogen) atoms. The van der Waals surface area contributed by atoms with Gasteiger partial charge in [-0.15, -0.1) is 0 Å². The Morgan fingerprint density at radius 3 is 2.70 bits per heavy atom. The highest BCUT2D eigenvalue weighted by Crippen LogP contribution is 2.31. The summed E-state index contributed by atoms with van der Waals surface area (Å²) in [4.78, 5) is 16.9. The minimum Gasteiger partial charge on any atom is -0.338 e. The van der Waals surface area contributed by atoms with Crippen molar-refractivity contribution in [1.82, 2.24) is 25.3 Å². The third-order valence-electron chi connectivity index (χ3n) is 6.59. The van der Waals surface area contributed by atoms with Crippen LogP contribution in [0.2, 0.25) is 0 Å². The van der Waals surface area contributed by atoms with E-state index in [1.165, 1.54) is 75.8 Å². The molecule has 2 fully saturated rings. The summed E-state index contributed by atoms with van der Waals surface area (Å²) < 4.78 is 0. The normalized spacial score (nSPS) is 21.5. The summed E-state index contributed by atoms with van der Waals surface area (Å²) in [6, 6.07) is 0.0285. The molecule has 1 aromatic heterocycles. The van der Waals surface area contributed by atoms with E-state index in [0.717, 1.165) is 31.0 Å². The van der Waals surface area contributed by atoms with Gasteiger partial charge in [-0.3, -0.25) is 5.10 Å². The zero-order chi connectivity index (χ0) is 18.6. The van der Waals surface area contributed by atoms with Gasteiger partial charge in [0.05, 0.1) is 12.2 Å². The number of aryl methyl sites for hydroxylation is 1. The monoisotopic (exact) mass is 373 g/mol. The Morgan fingerprint density at radius 2 is 1.93 bits per heavy atom. The first-order chi connectivity index (χ1) is 13.2. The summed E-state index contributed by atoms with van der Waals surface area (Å²) in [6.07, 6.45) is 11.2. The molecule has 150 valence electrons. The molecule has 6 nitrogen and oxygen atoms in total. The number of likely N-dealkylation sites (tertiary alicyclic amines) is 1. The van der Waals surface area contributed by atoms with Crippen LogP contribution >= 0.6 is 0 Å². The van der Waals surface area contributed by atoms with Crippen LogP contribution in [0.3, 0.4) is 0 Å². The van der Waals surface area contributed by atoms with Gasteiger partial charge in [0.1, 0.15) is 0 Å². The number of aromatic amines is 1. The van der Waals surface area contributed by atoms with Crippen molar-refractivity contribution in [1.29, 1.82) is 0 Å². The number of urea groups is 1. The highest BCUT2D eigenvalue weighted by atomic mass is 16.2. The van der Waals surface area contributed by atoms with Crippen LogP contribution in [-0.4, -0.2) is 59.3 Å². The largest absolute Gasteiger partial charge is 0.338 e. The fourth-order valence-corrected chi connectivity index (χ4v) is 4.56. The average molecular weight is 374 g/mol. The first-order valence-corrected chi connectivity index (χ1v) is 11.0. The molecule has 0 aromatic carbocycles. The van der Waals surface area contributed by atoms with E-state index in [0.29, 0.717) is 12.5 Å². The zero-order valence-corrected chi connectivity index (χ0v) is 16.8. The Kier molecular flexibility index (Phi) is 6.01. The number of H-pyrrole nitrogens is 1. The number of nitrogens with one attached hydrogen (secondary N) is 2. The molecule has 1 saturated carbocycles. The van der Waals surface area contributed by atoms with E-state index in [1.807, 2.05) is 7.05 Å². The molecule has 2 heterocycles. The van der Waals surface area contributed by atoms with Crippen LogP contribution in [0.4, 0.5) is 4.79 Å². The van der Waals surface area contributed by atoms with Crippen LogP contribution in [0.25, 0.3) is 0 Å². The van der Waals surface area contributed by atoms with E-state index in [2.05, 4.69) is 20.4 Å². The molecule has 6 heteroatoms. The van der Waals surface area contributed by atoms with Gasteiger partial charge < -0.3 is 15.1 Å². The second kappa shape index (κ2) is 8.63. The number of nitrogens with zero attached hydrogens (tertiary/aromatic N) is 3. The highest BCUT2D eigenvalue weighted by Gasteiger charge is 2.27. The van der Waals surface area contributed by atoms with Gasteiger partial charge in [-0.1, -0.05) is 6.42 Å². The van der Waals surface area contributed by atoms with E-state index in [9.17, 15) is 4.79 Å². The van der Waals surface area contributed by atoms with Crippen molar-refractivity contribution >= 4 is 6.03 Å². The Labute approximate surface area is 163 Å². The number of carbonyl (C=O) groups excluding carboxylic acids is 1. The first kappa shape index (κ1) is 18.8. The molecule has 1 aliphatic heterocycles. The van der Waals surface area contributed by atoms with Crippen molar-refractivity contribution < 1.29 is 4.79 Å². The van der Waals surface area contributed by atoms with Crippen LogP contribution in [0.15, 0.2) is 0 Å². The molecule has 4 rings (SSSR count). The Morgan fingerprint density at radius 1 is 1.15 bits per heavy atom. The molecule has 1 aromatic rings. The molecular weight excluding hydrogens is 338 g/mol. The molecule has 2 amide bonds. The second-order valence-corrected chi connectivity index (χ2v) is 8.92. The summed E-state index contributed by atoms with van der Waals surface area (Å²) in [5.41, 5.74) is 3.70. The maximum absolute atomic E-state index is 12.5. The van der Waals surface area contributed by atoms with Gasteiger partial charge in [-0.05, 0) is 81.9 Å². The van der Waals surface area contributed by atoms with Crippen molar-refractivity contribution in [3.63, 3.8) is 0 Å². The van der Waals surface area contributed by atoms with E-state index < -0.39 is 0 Å². The average Bonchev–Trinajstić information content (AvgIpc) is 3.46. The summed E-state index contributed by atoms with van der Waals surface area (Å²) in [7, 11) is 1.88. The summed E-state index contributed by atoms with van der Waals surface area (Å²) >= 11 is 0. The number of amides is 2. The maximum atomic E-state index is 12.5. The van der Waals surface area contributed by atoms with Crippen molar-refractivity contribution in [2.75, 3.05) is 33.2 Å². The molecule has 2 aliphatic carbocycles. The fraction of sp³-hybridized carbons (Fsp3) is 0.810. The van der Waals surface area contributed by atoms with Gasteiger partial charge in [-0.2, -0.15) is 5.10 Å². The lowest BCUT2D eigenvalue weighted by Gasteiger charge is -2.32. The molecule has 0 radical (unpaired) electrons. The maximum Gasteiger partial charge on any atom is 0.317 e. The molecule has 0 spiro atoms. The minimum absolute atomic E-state index is 0.0285. The number of piperidine rings is 1. The summed E-state index contributed by atoms with van der Waals surface area (Å²) in [6.45, 7) is 5.10. The quantitative estimate of drug-likeness (QED) is 0.754. The smallest absolute Gasteiger partial charge is 0.317 e. The number of hydrogen-bond acceptors (Lipinski definition) is 3. The van der Waals surface area contributed by atoms with Crippen LogP contribution < -0.4 is 5.32 Å². The lowest BCUT2D eigenvalue weighted by molar-refractivity contribution is 0.170. The van der Waals surface area contributed by atoms with Gasteiger partial charge in [0.25, 0.3) is 0 Å². The van der Waals surface area contributed by atoms with Crippen molar-refractivity contribution in [2.45, 2.75) is 64.3 Å². The molecular formula is C21H35N5O. The van der Waals surface area contributed by atoms with E-state index in [1.54, 1.807) is 4.90 Å². The van der Waals surface area contributed by atoms with E-state index in [-0.39, 0.29) is 6.03 Å². The Hall–Kier alpha value is -1.56. The molecule has 2 N–H and O–H groups in total. The number of rotatable bonds is 6. The van der Waals surface area contributed by atoms with E-state index in [4.69, 9.17) is 0 Å². The molecule has 0 atom stereocenters. The first-order valence-electron chi connectivity index (χ1n) is 11.0. The number of fused-ring (bicyclic) bond motifs is 1. The Bertz CT molecular complexity index is 631. The number of aromatic nitrogens is 2. The Balaban J connectivity index is 1.20. The van der Waals surface area contributed by atoms with Crippen LogP contribution in [0.5, 0.6) is 0 Å². The van der Waals surface area contributed by atoms with Crippen molar-refractivity contribution in [3.05, 3.63) is 17.0 Å². The molecule has 3 aliphatic rings. The van der Waals surface area contributed by atoms with Gasteiger partial charge in [-0.25, -0.2) is 4.79 Å². The predicted molar refractivity (Wildman–Crippen MR) is 107 cm³/mol. The number of carbonyl (C=O) groups is 1. The molecule has 1 saturated heterocycles. The molecule has 0 unspecified atom stereocenters. The summed E-state index contributed by atoms with van der Waals surface area (Å²) in [5, 5.41) is 10.9. The standard InChI is InChI=1S/C21H35N5O/c1-25(15-20-18-5-3-2-4-6-19(18)23-24-20)21(27)22-13-16-9-11-26(12-10-16)14-17-7-8-17/h16-17H,2-15H2,1H3,(H,22,27)(H,23,24). The van der Waals surface area contributed by atoms with Crippen LogP contribution in [-0.2, 0) is 19.4 Å². The van der Waals surface area contributed by atoms with Gasteiger partial charge in [0.15, 0.2) is 0 Å². The highest BCUT2D eigenvalue weighted by molar-refractivity contribution is 5.73. The molecule has 0 bridgehead atoms. The second-order valence-electron chi connectivity index (χ2n) is 8.92. The summed E-state index contributed by atoms with van der Waals surface area (Å²) in [5.74, 6) is 1.60. The van der Waals surface area contributed by atoms with Gasteiger partial charge >= 0.3 is 6.03 Å². The van der Waals surface area contributed by atoms with Gasteiger partial charge in [0.2, 0.25) is 0 Å². The topological polar surface area (TPSA) is 64.3 Å². The zero-order valence-electron chi connectivity index (χ0n) is 16.8. The fourth-order valence-electron chi connectivity index (χ4n) is 4.56. The lowest BCUT2D eigenvalue weighted by Crippen LogP contribution is -2.42. The van der Waals surface area contributed by atoms with Gasteiger partial charge in [0, 0.05) is 25.8 Å². The lowest BCUT2D eigenvalue weighted by atomic mass is 9.96. The van der Waals surface area contributed by atoms with Crippen molar-refractivity contribution in [3.8, 4) is 0 Å². The number of hydrogen-bond donors (Lipinski definition) is 2. The van der Waals surface area contributed by atoms with Crippen LogP contribution in [0, 0.1) is 11.8 Å². The van der Waals surface area contributed by atoms with Crippen molar-refractivity contribution in [2.24, 2.45) is 11.8 Å². The third-order valence-corrected chi connectivity index (χ3v) is 6.59. The minimum atomic E-state index is 0.0285. The SMILES string of the molecule is CN(Cc1n[nH]c2c1CCCCC2)C(=O)NCC1CCN(CC2CC2)CC1.